The Hall–Kier alpha value is -2.94. The van der Waals surface area contributed by atoms with E-state index < -0.39 is 30.9 Å². The van der Waals surface area contributed by atoms with Crippen molar-refractivity contribution in [2.45, 2.75) is 59.4 Å². The summed E-state index contributed by atoms with van der Waals surface area (Å²) in [4.78, 5) is 37.0. The first-order chi connectivity index (χ1) is 14.3. The summed E-state index contributed by atoms with van der Waals surface area (Å²) in [5.74, 6) is -1.98. The van der Waals surface area contributed by atoms with Crippen molar-refractivity contribution < 1.29 is 24.0 Å². The first kappa shape index (κ1) is 24.3. The molecule has 1 aromatic rings. The molecule has 1 aliphatic heterocycles. The minimum Gasteiger partial charge on any atom is -0.466 e. The lowest BCUT2D eigenvalue weighted by molar-refractivity contribution is -0.384. The molecule has 8 nitrogen and oxygen atoms in total. The van der Waals surface area contributed by atoms with Crippen molar-refractivity contribution in [1.29, 1.82) is 0 Å². The molecule has 1 heterocycles. The van der Waals surface area contributed by atoms with Crippen LogP contribution in [0.4, 0.5) is 5.69 Å². The van der Waals surface area contributed by atoms with Crippen LogP contribution >= 0.6 is 0 Å². The van der Waals surface area contributed by atoms with Gasteiger partial charge in [0.05, 0.1) is 42.4 Å². The highest BCUT2D eigenvalue weighted by atomic mass is 28.3. The zero-order valence-electron chi connectivity index (χ0n) is 19.1. The van der Waals surface area contributed by atoms with Gasteiger partial charge < -0.3 is 14.8 Å². The van der Waals surface area contributed by atoms with Crippen LogP contribution in [0.25, 0.3) is 0 Å². The van der Waals surface area contributed by atoms with E-state index in [1.54, 1.807) is 33.8 Å². The third-order valence-corrected chi connectivity index (χ3v) is 5.60. The van der Waals surface area contributed by atoms with E-state index in [2.05, 4.69) is 25.0 Å². The zero-order valence-corrected chi connectivity index (χ0v) is 20.1. The van der Waals surface area contributed by atoms with E-state index in [4.69, 9.17) is 9.47 Å². The van der Waals surface area contributed by atoms with Gasteiger partial charge in [0.1, 0.15) is 0 Å². The number of nitrogens with one attached hydrogen (secondary N) is 1. The summed E-state index contributed by atoms with van der Waals surface area (Å²) in [6, 6.07) is 5.95. The molecule has 1 aliphatic rings. The van der Waals surface area contributed by atoms with Crippen molar-refractivity contribution in [3.05, 3.63) is 62.5 Å². The van der Waals surface area contributed by atoms with E-state index >= 15 is 0 Å². The molecule has 0 amide bonds. The van der Waals surface area contributed by atoms with Crippen LogP contribution < -0.4 is 5.32 Å². The predicted molar refractivity (Wildman–Crippen MR) is 120 cm³/mol. The van der Waals surface area contributed by atoms with E-state index in [9.17, 15) is 19.7 Å². The topological polar surface area (TPSA) is 108 Å². The van der Waals surface area contributed by atoms with Crippen LogP contribution in [0, 0.1) is 10.1 Å². The number of ether oxygens (including phenoxy) is 2. The van der Waals surface area contributed by atoms with Crippen LogP contribution in [0.1, 0.15) is 39.2 Å². The van der Waals surface area contributed by atoms with Crippen LogP contribution in [0.15, 0.2) is 46.8 Å². The molecule has 31 heavy (non-hydrogen) atoms. The standard InChI is InChI=1S/C22H30N2O6Si/c1-13(2)30-22(26)19-15(4)23-14(3)18(21(25)29-12-31(5,6)7)20(19)16-9-8-10-17(11-16)24(27)28/h8-11,13,20,23H,12H2,1-7H3. The maximum atomic E-state index is 13.1. The Bertz CT molecular complexity index is 959. The fraction of sp³-hybridized carbons (Fsp3) is 0.455. The van der Waals surface area contributed by atoms with Crippen LogP contribution in [-0.2, 0) is 19.1 Å². The molecule has 0 aliphatic carbocycles. The minimum atomic E-state index is -1.68. The van der Waals surface area contributed by atoms with Crippen molar-refractivity contribution in [3.8, 4) is 0 Å². The number of carbonyl (C=O) groups excluding carboxylic acids is 2. The number of esters is 2. The molecule has 168 valence electrons. The Morgan fingerprint density at radius 2 is 1.71 bits per heavy atom. The molecule has 0 saturated heterocycles. The summed E-state index contributed by atoms with van der Waals surface area (Å²) in [5, 5.41) is 14.4. The van der Waals surface area contributed by atoms with Gasteiger partial charge in [0.25, 0.3) is 5.69 Å². The summed E-state index contributed by atoms with van der Waals surface area (Å²) in [5.41, 5.74) is 1.87. The van der Waals surface area contributed by atoms with Gasteiger partial charge in [0.2, 0.25) is 0 Å². The summed E-state index contributed by atoms with van der Waals surface area (Å²) < 4.78 is 11.0. The Labute approximate surface area is 183 Å². The van der Waals surface area contributed by atoms with Crippen molar-refractivity contribution >= 4 is 25.7 Å². The lowest BCUT2D eigenvalue weighted by Crippen LogP contribution is -2.35. The smallest absolute Gasteiger partial charge is 0.337 e. The molecule has 1 atom stereocenters. The molecule has 0 spiro atoms. The van der Waals surface area contributed by atoms with E-state index in [-0.39, 0.29) is 22.9 Å². The molecule has 9 heteroatoms. The molecule has 0 saturated carbocycles. The highest BCUT2D eigenvalue weighted by Crippen LogP contribution is 2.40. The molecule has 1 aromatic carbocycles. The summed E-state index contributed by atoms with van der Waals surface area (Å²) in [7, 11) is -1.68. The predicted octanol–water partition coefficient (Wildman–Crippen LogP) is 4.20. The number of nitro benzene ring substituents is 1. The summed E-state index contributed by atoms with van der Waals surface area (Å²) in [6.07, 6.45) is -0.0495. The van der Waals surface area contributed by atoms with Crippen molar-refractivity contribution in [3.63, 3.8) is 0 Å². The van der Waals surface area contributed by atoms with Gasteiger partial charge in [-0.05, 0) is 33.3 Å². The van der Waals surface area contributed by atoms with Gasteiger partial charge in [-0.3, -0.25) is 10.1 Å². The number of dihydropyridines is 1. The Balaban J connectivity index is 2.63. The SMILES string of the molecule is CC1=C(C(=O)OC[Si](C)(C)C)C(c2cccc([N+](=O)[O-])c2)C(C(=O)OC(C)C)=C(C)N1. The van der Waals surface area contributed by atoms with Gasteiger partial charge in [0.15, 0.2) is 0 Å². The lowest BCUT2D eigenvalue weighted by atomic mass is 9.80. The highest BCUT2D eigenvalue weighted by molar-refractivity contribution is 6.76. The van der Waals surface area contributed by atoms with Gasteiger partial charge >= 0.3 is 11.9 Å². The van der Waals surface area contributed by atoms with Crippen LogP contribution in [0.2, 0.25) is 19.6 Å². The molecular formula is C22H30N2O6Si. The second-order valence-electron chi connectivity index (χ2n) is 9.08. The summed E-state index contributed by atoms with van der Waals surface area (Å²) in [6.45, 7) is 13.1. The van der Waals surface area contributed by atoms with Crippen molar-refractivity contribution in [1.82, 2.24) is 5.32 Å². The molecular weight excluding hydrogens is 416 g/mol. The third-order valence-electron chi connectivity index (χ3n) is 4.59. The molecule has 0 radical (unpaired) electrons. The number of hydrogen-bond acceptors (Lipinski definition) is 7. The van der Waals surface area contributed by atoms with E-state index in [0.717, 1.165) is 0 Å². The molecule has 1 unspecified atom stereocenters. The van der Waals surface area contributed by atoms with Gasteiger partial charge in [0, 0.05) is 23.5 Å². The average molecular weight is 447 g/mol. The van der Waals surface area contributed by atoms with E-state index in [1.807, 2.05) is 0 Å². The van der Waals surface area contributed by atoms with Gasteiger partial charge in [-0.2, -0.15) is 0 Å². The average Bonchev–Trinajstić information content (AvgIpc) is 2.64. The molecule has 2 rings (SSSR count). The van der Waals surface area contributed by atoms with E-state index in [1.165, 1.54) is 18.2 Å². The van der Waals surface area contributed by atoms with E-state index in [0.29, 0.717) is 23.2 Å². The lowest BCUT2D eigenvalue weighted by Gasteiger charge is -2.31. The van der Waals surface area contributed by atoms with Crippen LogP contribution in [0.5, 0.6) is 0 Å². The minimum absolute atomic E-state index is 0.127. The Morgan fingerprint density at radius 1 is 1.13 bits per heavy atom. The van der Waals surface area contributed by atoms with Gasteiger partial charge in [-0.25, -0.2) is 9.59 Å². The fourth-order valence-electron chi connectivity index (χ4n) is 3.32. The van der Waals surface area contributed by atoms with Gasteiger partial charge in [-0.1, -0.05) is 31.8 Å². The number of non-ortho nitro benzene ring substituents is 1. The second kappa shape index (κ2) is 9.46. The van der Waals surface area contributed by atoms with Crippen LogP contribution in [0.3, 0.4) is 0 Å². The number of benzene rings is 1. The fourth-order valence-corrected chi connectivity index (χ4v) is 3.89. The van der Waals surface area contributed by atoms with Gasteiger partial charge in [-0.15, -0.1) is 0 Å². The Morgan fingerprint density at radius 3 is 2.23 bits per heavy atom. The monoisotopic (exact) mass is 446 g/mol. The summed E-state index contributed by atoms with van der Waals surface area (Å²) >= 11 is 0. The molecule has 1 N–H and O–H groups in total. The number of nitrogens with zero attached hydrogens (tertiary/aromatic N) is 1. The second-order valence-corrected chi connectivity index (χ2v) is 14.5. The number of carbonyl (C=O) groups is 2. The van der Waals surface area contributed by atoms with Crippen molar-refractivity contribution in [2.24, 2.45) is 0 Å². The maximum Gasteiger partial charge on any atom is 0.337 e. The highest BCUT2D eigenvalue weighted by Gasteiger charge is 2.39. The maximum absolute atomic E-state index is 13.1. The first-order valence-corrected chi connectivity index (χ1v) is 13.8. The third kappa shape index (κ3) is 6.03. The zero-order chi connectivity index (χ0) is 23.5. The number of nitro groups is 1. The first-order valence-electron chi connectivity index (χ1n) is 10.1. The number of allylic oxidation sites excluding steroid dienone is 2. The number of hydrogen-bond donors (Lipinski definition) is 1. The van der Waals surface area contributed by atoms with Crippen molar-refractivity contribution in [2.75, 3.05) is 6.23 Å². The molecule has 0 fully saturated rings. The largest absolute Gasteiger partial charge is 0.466 e. The quantitative estimate of drug-likeness (QED) is 0.289. The van der Waals surface area contributed by atoms with Crippen LogP contribution in [-0.4, -0.2) is 37.3 Å². The molecule has 0 aromatic heterocycles. The molecule has 0 bridgehead atoms. The normalized spacial score (nSPS) is 16.8. The number of rotatable bonds is 7. The Kier molecular flexibility index (Phi) is 7.43.